The second-order valence-electron chi connectivity index (χ2n) is 6.40. The number of carbonyl (C=O) groups is 1. The van der Waals surface area contributed by atoms with Crippen molar-refractivity contribution in [3.8, 4) is 0 Å². The Balaban J connectivity index is 1.80. The standard InChI is InChI=1S/C17H21F3N2O/c18-17(19,20)14-6-3-5-12(10-14)16(23)22-9-8-21-11-13-4-1-2-7-15(13)22/h1-2,4,7,12,14,21H,3,5-6,8-11H2. The molecule has 0 aromatic heterocycles. The number of benzene rings is 1. The summed E-state index contributed by atoms with van der Waals surface area (Å²) in [5.41, 5.74) is 1.85. The lowest BCUT2D eigenvalue weighted by Crippen LogP contribution is -2.42. The van der Waals surface area contributed by atoms with Crippen molar-refractivity contribution >= 4 is 11.6 Å². The smallest absolute Gasteiger partial charge is 0.311 e. The number of halogens is 3. The maximum atomic E-state index is 13.0. The number of fused-ring (bicyclic) bond motifs is 1. The molecule has 126 valence electrons. The van der Waals surface area contributed by atoms with Gasteiger partial charge >= 0.3 is 6.18 Å². The zero-order chi connectivity index (χ0) is 16.4. The van der Waals surface area contributed by atoms with Gasteiger partial charge in [-0.1, -0.05) is 24.6 Å². The van der Waals surface area contributed by atoms with E-state index in [0.29, 0.717) is 32.5 Å². The molecule has 1 aliphatic carbocycles. The highest BCUT2D eigenvalue weighted by molar-refractivity contribution is 5.96. The summed E-state index contributed by atoms with van der Waals surface area (Å²) in [6.07, 6.45) is -3.11. The minimum absolute atomic E-state index is 0.0750. The van der Waals surface area contributed by atoms with Crippen LogP contribution in [0.2, 0.25) is 0 Å². The fourth-order valence-corrected chi connectivity index (χ4v) is 3.62. The Hall–Kier alpha value is -1.56. The average molecular weight is 326 g/mol. The SMILES string of the molecule is O=C(C1CCCC(C(F)(F)F)C1)N1CCNCc2ccccc21. The normalized spacial score (nSPS) is 25.6. The number of hydrogen-bond acceptors (Lipinski definition) is 2. The summed E-state index contributed by atoms with van der Waals surface area (Å²) in [6, 6.07) is 7.61. The van der Waals surface area contributed by atoms with Crippen molar-refractivity contribution in [3.05, 3.63) is 29.8 Å². The predicted molar refractivity (Wildman–Crippen MR) is 82.0 cm³/mol. The van der Waals surface area contributed by atoms with Crippen molar-refractivity contribution in [1.29, 1.82) is 0 Å². The quantitative estimate of drug-likeness (QED) is 0.857. The van der Waals surface area contributed by atoms with Gasteiger partial charge in [0.05, 0.1) is 5.92 Å². The minimum atomic E-state index is -4.20. The molecule has 1 fully saturated rings. The van der Waals surface area contributed by atoms with Crippen LogP contribution in [0.4, 0.5) is 18.9 Å². The molecule has 0 saturated heterocycles. The number of nitrogens with zero attached hydrogens (tertiary/aromatic N) is 1. The van der Waals surface area contributed by atoms with E-state index in [2.05, 4.69) is 5.32 Å². The molecule has 1 heterocycles. The summed E-state index contributed by atoms with van der Waals surface area (Å²) in [4.78, 5) is 14.6. The molecule has 23 heavy (non-hydrogen) atoms. The van der Waals surface area contributed by atoms with Gasteiger partial charge in [-0.15, -0.1) is 0 Å². The van der Waals surface area contributed by atoms with Gasteiger partial charge in [0.1, 0.15) is 0 Å². The van der Waals surface area contributed by atoms with Crippen LogP contribution in [0, 0.1) is 11.8 Å². The van der Waals surface area contributed by atoms with Gasteiger partial charge in [-0.2, -0.15) is 13.2 Å². The fraction of sp³-hybridized carbons (Fsp3) is 0.588. The first-order chi connectivity index (χ1) is 11.0. The molecule has 0 radical (unpaired) electrons. The number of nitrogens with one attached hydrogen (secondary N) is 1. The Morgan fingerprint density at radius 3 is 2.78 bits per heavy atom. The van der Waals surface area contributed by atoms with Crippen LogP contribution < -0.4 is 10.2 Å². The van der Waals surface area contributed by atoms with E-state index in [1.54, 1.807) is 4.90 Å². The average Bonchev–Trinajstić information content (AvgIpc) is 2.76. The Bertz CT molecular complexity index is 573. The number of anilines is 1. The molecule has 2 atom stereocenters. The van der Waals surface area contributed by atoms with Crippen LogP contribution in [-0.4, -0.2) is 25.2 Å². The molecule has 2 unspecified atom stereocenters. The van der Waals surface area contributed by atoms with Gasteiger partial charge < -0.3 is 10.2 Å². The highest BCUT2D eigenvalue weighted by atomic mass is 19.4. The summed E-state index contributed by atoms with van der Waals surface area (Å²) in [5.74, 6) is -2.03. The fourth-order valence-electron chi connectivity index (χ4n) is 3.62. The van der Waals surface area contributed by atoms with Gasteiger partial charge in [-0.3, -0.25) is 4.79 Å². The molecule has 0 spiro atoms. The lowest BCUT2D eigenvalue weighted by molar-refractivity contribution is -0.186. The third-order valence-corrected chi connectivity index (χ3v) is 4.86. The van der Waals surface area contributed by atoms with Crippen molar-refractivity contribution in [2.45, 2.75) is 38.4 Å². The molecule has 0 bridgehead atoms. The number of alkyl halides is 3. The lowest BCUT2D eigenvalue weighted by atomic mass is 9.80. The third-order valence-electron chi connectivity index (χ3n) is 4.86. The van der Waals surface area contributed by atoms with Gasteiger partial charge in [0.15, 0.2) is 0 Å². The Morgan fingerprint density at radius 1 is 1.22 bits per heavy atom. The number of amides is 1. The van der Waals surface area contributed by atoms with Crippen molar-refractivity contribution in [2.75, 3.05) is 18.0 Å². The zero-order valence-electron chi connectivity index (χ0n) is 12.9. The molecular weight excluding hydrogens is 305 g/mol. The van der Waals surface area contributed by atoms with Crippen LogP contribution >= 0.6 is 0 Å². The Labute approximate surface area is 133 Å². The summed E-state index contributed by atoms with van der Waals surface area (Å²) >= 11 is 0. The predicted octanol–water partition coefficient (Wildman–Crippen LogP) is 3.49. The first-order valence-electron chi connectivity index (χ1n) is 8.13. The molecule has 1 aromatic rings. The molecule has 1 amide bonds. The summed E-state index contributed by atoms with van der Waals surface area (Å²) in [6.45, 7) is 1.83. The van der Waals surface area contributed by atoms with Crippen molar-refractivity contribution in [2.24, 2.45) is 11.8 Å². The van der Waals surface area contributed by atoms with Crippen LogP contribution in [0.1, 0.15) is 31.2 Å². The molecule has 6 heteroatoms. The maximum absolute atomic E-state index is 13.0. The first kappa shape index (κ1) is 16.3. The van der Waals surface area contributed by atoms with Gasteiger partial charge in [0.2, 0.25) is 5.91 Å². The maximum Gasteiger partial charge on any atom is 0.391 e. The lowest BCUT2D eigenvalue weighted by Gasteiger charge is -2.33. The second kappa shape index (κ2) is 6.51. The first-order valence-corrected chi connectivity index (χ1v) is 8.13. The molecule has 3 rings (SSSR count). The van der Waals surface area contributed by atoms with Crippen LogP contribution in [0.15, 0.2) is 24.3 Å². The van der Waals surface area contributed by atoms with Crippen molar-refractivity contribution in [1.82, 2.24) is 5.32 Å². The molecular formula is C17H21F3N2O. The topological polar surface area (TPSA) is 32.3 Å². The zero-order valence-corrected chi connectivity index (χ0v) is 12.9. The minimum Gasteiger partial charge on any atom is -0.311 e. The van der Waals surface area contributed by atoms with Crippen LogP contribution in [0.3, 0.4) is 0 Å². The number of carbonyl (C=O) groups excluding carboxylic acids is 1. The monoisotopic (exact) mass is 326 g/mol. The number of para-hydroxylation sites is 1. The second-order valence-corrected chi connectivity index (χ2v) is 6.40. The third kappa shape index (κ3) is 3.52. The Morgan fingerprint density at radius 2 is 2.00 bits per heavy atom. The van der Waals surface area contributed by atoms with E-state index in [1.165, 1.54) is 0 Å². The van der Waals surface area contributed by atoms with Gasteiger partial charge in [0.25, 0.3) is 0 Å². The molecule has 3 nitrogen and oxygen atoms in total. The van der Waals surface area contributed by atoms with Crippen molar-refractivity contribution < 1.29 is 18.0 Å². The molecule has 1 aromatic carbocycles. The number of rotatable bonds is 1. The van der Waals surface area contributed by atoms with E-state index >= 15 is 0 Å². The van der Waals surface area contributed by atoms with E-state index in [9.17, 15) is 18.0 Å². The highest BCUT2D eigenvalue weighted by Gasteiger charge is 2.44. The van der Waals surface area contributed by atoms with Gasteiger partial charge in [-0.25, -0.2) is 0 Å². The summed E-state index contributed by atoms with van der Waals surface area (Å²) in [5, 5.41) is 3.25. The van der Waals surface area contributed by atoms with E-state index in [-0.39, 0.29) is 18.7 Å². The van der Waals surface area contributed by atoms with Gasteiger partial charge in [0, 0.05) is 31.2 Å². The Kier molecular flexibility index (Phi) is 4.62. The van der Waals surface area contributed by atoms with E-state index in [1.807, 2.05) is 24.3 Å². The van der Waals surface area contributed by atoms with Crippen LogP contribution in [0.5, 0.6) is 0 Å². The largest absolute Gasteiger partial charge is 0.391 e. The summed E-state index contributed by atoms with van der Waals surface area (Å²) < 4.78 is 39.0. The molecule has 2 aliphatic rings. The molecule has 1 aliphatic heterocycles. The van der Waals surface area contributed by atoms with Crippen LogP contribution in [-0.2, 0) is 11.3 Å². The van der Waals surface area contributed by atoms with E-state index < -0.39 is 18.0 Å². The summed E-state index contributed by atoms with van der Waals surface area (Å²) in [7, 11) is 0. The van der Waals surface area contributed by atoms with E-state index in [0.717, 1.165) is 11.3 Å². The molecule has 1 N–H and O–H groups in total. The van der Waals surface area contributed by atoms with Crippen molar-refractivity contribution in [3.63, 3.8) is 0 Å². The number of hydrogen-bond donors (Lipinski definition) is 1. The van der Waals surface area contributed by atoms with E-state index in [4.69, 9.17) is 0 Å². The molecule has 1 saturated carbocycles. The van der Waals surface area contributed by atoms with Gasteiger partial charge in [-0.05, 0) is 30.9 Å². The highest BCUT2D eigenvalue weighted by Crippen LogP contribution is 2.41. The van der Waals surface area contributed by atoms with Crippen LogP contribution in [0.25, 0.3) is 0 Å².